The number of rotatable bonds is 7. The van der Waals surface area contributed by atoms with Gasteiger partial charge in [-0.05, 0) is 24.3 Å². The molecule has 2 aromatic heterocycles. The fourth-order valence-corrected chi connectivity index (χ4v) is 2.69. The zero-order valence-corrected chi connectivity index (χ0v) is 12.2. The summed E-state index contributed by atoms with van der Waals surface area (Å²) >= 11 is 1.77. The van der Waals surface area contributed by atoms with Crippen molar-refractivity contribution in [2.75, 3.05) is 17.2 Å². The van der Waals surface area contributed by atoms with E-state index in [-0.39, 0.29) is 0 Å². The highest BCUT2D eigenvalue weighted by Crippen LogP contribution is 2.25. The summed E-state index contributed by atoms with van der Waals surface area (Å²) in [5.41, 5.74) is 0. The highest BCUT2D eigenvalue weighted by atomic mass is 32.1. The highest BCUT2D eigenvalue weighted by molar-refractivity contribution is 7.10. The molecule has 5 heteroatoms. The summed E-state index contributed by atoms with van der Waals surface area (Å²) < 4.78 is 0. The zero-order valence-electron chi connectivity index (χ0n) is 11.4. The lowest BCUT2D eigenvalue weighted by Crippen LogP contribution is -2.10. The topological polar surface area (TPSA) is 49.8 Å². The fraction of sp³-hybridized carbons (Fsp3) is 0.429. The molecule has 0 aliphatic carbocycles. The SMILES string of the molecule is CCCNc1cc(NC(CC)c2cccs2)ncn1. The van der Waals surface area contributed by atoms with Gasteiger partial charge >= 0.3 is 0 Å². The van der Waals surface area contributed by atoms with Gasteiger partial charge in [0.15, 0.2) is 0 Å². The van der Waals surface area contributed by atoms with Crippen LogP contribution < -0.4 is 10.6 Å². The number of nitrogens with zero attached hydrogens (tertiary/aromatic N) is 2. The lowest BCUT2D eigenvalue weighted by atomic mass is 10.2. The molecule has 0 aromatic carbocycles. The maximum Gasteiger partial charge on any atom is 0.131 e. The number of aromatic nitrogens is 2. The smallest absolute Gasteiger partial charge is 0.131 e. The van der Waals surface area contributed by atoms with Crippen LogP contribution in [0.5, 0.6) is 0 Å². The molecule has 0 bridgehead atoms. The molecule has 0 saturated carbocycles. The molecule has 1 atom stereocenters. The van der Waals surface area contributed by atoms with Crippen molar-refractivity contribution in [1.29, 1.82) is 0 Å². The van der Waals surface area contributed by atoms with Crippen molar-refractivity contribution in [2.24, 2.45) is 0 Å². The minimum absolute atomic E-state index is 0.314. The van der Waals surface area contributed by atoms with Crippen molar-refractivity contribution in [1.82, 2.24) is 9.97 Å². The molecule has 0 radical (unpaired) electrons. The Balaban J connectivity index is 2.05. The lowest BCUT2D eigenvalue weighted by Gasteiger charge is -2.16. The first-order valence-electron chi connectivity index (χ1n) is 6.69. The standard InChI is InChI=1S/C14H20N4S/c1-3-7-15-13-9-14(17-10-16-13)18-11(4-2)12-6-5-8-19-12/h5-6,8-11H,3-4,7H2,1-2H3,(H2,15,16,17,18). The van der Waals surface area contributed by atoms with Crippen molar-refractivity contribution in [2.45, 2.75) is 32.7 Å². The van der Waals surface area contributed by atoms with Gasteiger partial charge in [-0.3, -0.25) is 0 Å². The number of hydrogen-bond acceptors (Lipinski definition) is 5. The molecule has 0 fully saturated rings. The van der Waals surface area contributed by atoms with Gasteiger partial charge in [-0.1, -0.05) is 19.9 Å². The third kappa shape index (κ3) is 3.92. The summed E-state index contributed by atoms with van der Waals surface area (Å²) in [5.74, 6) is 1.74. The first-order chi connectivity index (χ1) is 9.33. The van der Waals surface area contributed by atoms with E-state index in [1.54, 1.807) is 17.7 Å². The van der Waals surface area contributed by atoms with Crippen molar-refractivity contribution in [3.8, 4) is 0 Å². The van der Waals surface area contributed by atoms with Gasteiger partial charge in [-0.15, -0.1) is 11.3 Å². The van der Waals surface area contributed by atoms with Crippen LogP contribution in [0.2, 0.25) is 0 Å². The Hall–Kier alpha value is -1.62. The normalized spacial score (nSPS) is 12.1. The van der Waals surface area contributed by atoms with Crippen LogP contribution in [0.3, 0.4) is 0 Å². The molecular formula is C14H20N4S. The van der Waals surface area contributed by atoms with E-state index in [0.29, 0.717) is 6.04 Å². The minimum atomic E-state index is 0.314. The molecular weight excluding hydrogens is 256 g/mol. The van der Waals surface area contributed by atoms with E-state index in [0.717, 1.165) is 31.0 Å². The summed E-state index contributed by atoms with van der Waals surface area (Å²) in [6.07, 6.45) is 3.71. The summed E-state index contributed by atoms with van der Waals surface area (Å²) in [7, 11) is 0. The van der Waals surface area contributed by atoms with Crippen LogP contribution in [-0.4, -0.2) is 16.5 Å². The summed E-state index contributed by atoms with van der Waals surface area (Å²) in [6, 6.07) is 6.52. The van der Waals surface area contributed by atoms with Gasteiger partial charge in [-0.25, -0.2) is 9.97 Å². The maximum atomic E-state index is 4.29. The van der Waals surface area contributed by atoms with Crippen molar-refractivity contribution in [3.05, 3.63) is 34.8 Å². The molecule has 2 N–H and O–H groups in total. The van der Waals surface area contributed by atoms with E-state index in [2.05, 4.69) is 52.0 Å². The Labute approximate surface area is 118 Å². The minimum Gasteiger partial charge on any atom is -0.370 e. The van der Waals surface area contributed by atoms with Crippen LogP contribution in [-0.2, 0) is 0 Å². The molecule has 19 heavy (non-hydrogen) atoms. The predicted molar refractivity (Wildman–Crippen MR) is 81.8 cm³/mol. The van der Waals surface area contributed by atoms with Crippen LogP contribution in [0.25, 0.3) is 0 Å². The number of thiophene rings is 1. The Kier molecular flexibility index (Phi) is 5.15. The predicted octanol–water partition coefficient (Wildman–Crippen LogP) is 3.92. The van der Waals surface area contributed by atoms with Gasteiger partial charge in [0.05, 0.1) is 6.04 Å². The molecule has 2 aromatic rings. The third-order valence-corrected chi connectivity index (χ3v) is 3.83. The molecule has 0 spiro atoms. The Bertz CT molecular complexity index is 484. The third-order valence-electron chi connectivity index (χ3n) is 2.84. The molecule has 102 valence electrons. The molecule has 0 amide bonds. The first kappa shape index (κ1) is 13.8. The van der Waals surface area contributed by atoms with E-state index >= 15 is 0 Å². The average molecular weight is 276 g/mol. The van der Waals surface area contributed by atoms with Crippen molar-refractivity contribution in [3.63, 3.8) is 0 Å². The second-order valence-electron chi connectivity index (χ2n) is 4.34. The largest absolute Gasteiger partial charge is 0.370 e. The van der Waals surface area contributed by atoms with Gasteiger partial charge in [-0.2, -0.15) is 0 Å². The lowest BCUT2D eigenvalue weighted by molar-refractivity contribution is 0.758. The molecule has 2 heterocycles. The van der Waals surface area contributed by atoms with Gasteiger partial charge in [0.2, 0.25) is 0 Å². The van der Waals surface area contributed by atoms with E-state index in [9.17, 15) is 0 Å². The number of anilines is 2. The Morgan fingerprint density at radius 2 is 2.11 bits per heavy atom. The van der Waals surface area contributed by atoms with Crippen LogP contribution in [0.4, 0.5) is 11.6 Å². The van der Waals surface area contributed by atoms with Crippen LogP contribution in [0, 0.1) is 0 Å². The number of hydrogen-bond donors (Lipinski definition) is 2. The van der Waals surface area contributed by atoms with Crippen molar-refractivity contribution < 1.29 is 0 Å². The highest BCUT2D eigenvalue weighted by Gasteiger charge is 2.10. The summed E-state index contributed by atoms with van der Waals surface area (Å²) in [6.45, 7) is 5.24. The molecule has 2 rings (SSSR count). The summed E-state index contributed by atoms with van der Waals surface area (Å²) in [5, 5.41) is 8.84. The number of nitrogens with one attached hydrogen (secondary N) is 2. The molecule has 1 unspecified atom stereocenters. The van der Waals surface area contributed by atoms with E-state index in [1.807, 2.05) is 6.07 Å². The molecule has 4 nitrogen and oxygen atoms in total. The van der Waals surface area contributed by atoms with Gasteiger partial charge in [0.1, 0.15) is 18.0 Å². The van der Waals surface area contributed by atoms with Crippen molar-refractivity contribution >= 4 is 23.0 Å². The van der Waals surface area contributed by atoms with E-state index in [4.69, 9.17) is 0 Å². The second-order valence-corrected chi connectivity index (χ2v) is 5.32. The van der Waals surface area contributed by atoms with Crippen LogP contribution in [0.15, 0.2) is 29.9 Å². The Morgan fingerprint density at radius 3 is 2.79 bits per heavy atom. The molecule has 0 saturated heterocycles. The molecule has 0 aliphatic rings. The van der Waals surface area contributed by atoms with Gasteiger partial charge < -0.3 is 10.6 Å². The summed E-state index contributed by atoms with van der Waals surface area (Å²) in [4.78, 5) is 9.84. The maximum absolute atomic E-state index is 4.29. The second kappa shape index (κ2) is 7.09. The Morgan fingerprint density at radius 1 is 1.26 bits per heavy atom. The van der Waals surface area contributed by atoms with E-state index in [1.165, 1.54) is 4.88 Å². The van der Waals surface area contributed by atoms with Gasteiger partial charge in [0, 0.05) is 17.5 Å². The average Bonchev–Trinajstić information content (AvgIpc) is 2.97. The van der Waals surface area contributed by atoms with Crippen LogP contribution >= 0.6 is 11.3 Å². The zero-order chi connectivity index (χ0) is 13.5. The quantitative estimate of drug-likeness (QED) is 0.804. The first-order valence-corrected chi connectivity index (χ1v) is 7.57. The monoisotopic (exact) mass is 276 g/mol. The van der Waals surface area contributed by atoms with Crippen LogP contribution in [0.1, 0.15) is 37.6 Å². The fourth-order valence-electron chi connectivity index (χ4n) is 1.83. The van der Waals surface area contributed by atoms with Gasteiger partial charge in [0.25, 0.3) is 0 Å². The van der Waals surface area contributed by atoms with E-state index < -0.39 is 0 Å². The molecule has 0 aliphatic heterocycles.